The first kappa shape index (κ1) is 16.3. The number of H-pyrrole nitrogens is 1. The number of nitrogens with zero attached hydrogens (tertiary/aromatic N) is 1. The summed E-state index contributed by atoms with van der Waals surface area (Å²) >= 11 is 0. The minimum absolute atomic E-state index is 0.472. The van der Waals surface area contributed by atoms with Crippen molar-refractivity contribution in [3.63, 3.8) is 0 Å². The fourth-order valence-corrected chi connectivity index (χ4v) is 3.83. The van der Waals surface area contributed by atoms with Crippen LogP contribution in [0.15, 0.2) is 18.7 Å². The third-order valence-corrected chi connectivity index (χ3v) is 4.09. The lowest BCUT2D eigenvalue weighted by Crippen LogP contribution is -2.55. The van der Waals surface area contributed by atoms with Crippen molar-refractivity contribution in [1.29, 1.82) is 0 Å². The SMILES string of the molecule is F[B-](F)(F)F.[SiH3]CCC1([n+]2cc[nH]c2)CCCCC1. The van der Waals surface area contributed by atoms with Crippen molar-refractivity contribution in [3.05, 3.63) is 18.7 Å². The average Bonchev–Trinajstić information content (AvgIpc) is 2.82. The summed E-state index contributed by atoms with van der Waals surface area (Å²) in [7, 11) is -4.66. The van der Waals surface area contributed by atoms with E-state index in [1.165, 1.54) is 54.8 Å². The van der Waals surface area contributed by atoms with Gasteiger partial charge < -0.3 is 17.3 Å². The molecule has 0 bridgehead atoms. The van der Waals surface area contributed by atoms with Gasteiger partial charge in [-0.15, -0.1) is 0 Å². The van der Waals surface area contributed by atoms with Crippen LogP contribution in [-0.2, 0) is 5.54 Å². The van der Waals surface area contributed by atoms with E-state index in [0.717, 1.165) is 0 Å². The minimum atomic E-state index is -6.00. The van der Waals surface area contributed by atoms with E-state index >= 15 is 0 Å². The smallest absolute Gasteiger partial charge is 0.418 e. The Bertz CT molecular complexity index is 339. The molecule has 0 aromatic carbocycles. The zero-order valence-corrected chi connectivity index (χ0v) is 13.2. The first-order valence-electron chi connectivity index (χ1n) is 6.79. The molecule has 0 aliphatic heterocycles. The predicted octanol–water partition coefficient (Wildman–Crippen LogP) is 2.44. The van der Waals surface area contributed by atoms with Gasteiger partial charge >= 0.3 is 7.25 Å². The first-order valence-corrected chi connectivity index (χ1v) is 8.21. The molecule has 2 rings (SSSR count). The number of hydrogen-bond acceptors (Lipinski definition) is 0. The molecule has 1 N–H and O–H groups in total. The summed E-state index contributed by atoms with van der Waals surface area (Å²) in [5, 5.41) is 0. The van der Waals surface area contributed by atoms with Gasteiger partial charge in [-0.05, 0) is 32.1 Å². The molecule has 1 saturated carbocycles. The van der Waals surface area contributed by atoms with E-state index < -0.39 is 7.25 Å². The number of hydrogen-bond donors (Lipinski definition) is 1. The lowest BCUT2D eigenvalue weighted by Gasteiger charge is -2.34. The van der Waals surface area contributed by atoms with Crippen LogP contribution in [0.2, 0.25) is 6.04 Å². The summed E-state index contributed by atoms with van der Waals surface area (Å²) in [6, 6.07) is 1.43. The van der Waals surface area contributed by atoms with Crippen molar-refractivity contribution in [2.75, 3.05) is 0 Å². The van der Waals surface area contributed by atoms with E-state index in [-0.39, 0.29) is 0 Å². The van der Waals surface area contributed by atoms with Gasteiger partial charge in [0.25, 0.3) is 0 Å². The van der Waals surface area contributed by atoms with Gasteiger partial charge in [0, 0.05) is 10.2 Å². The van der Waals surface area contributed by atoms with Crippen LogP contribution in [0.25, 0.3) is 0 Å². The van der Waals surface area contributed by atoms with Gasteiger partial charge in [-0.2, -0.15) is 0 Å². The van der Waals surface area contributed by atoms with Crippen LogP contribution in [0.4, 0.5) is 17.3 Å². The molecule has 1 heterocycles. The molecule has 1 aromatic heterocycles. The highest BCUT2D eigenvalue weighted by molar-refractivity contribution is 6.50. The van der Waals surface area contributed by atoms with Crippen LogP contribution >= 0.6 is 0 Å². The molecule has 1 aliphatic rings. The van der Waals surface area contributed by atoms with E-state index in [1.807, 2.05) is 6.20 Å². The zero-order valence-electron chi connectivity index (χ0n) is 11.2. The van der Waals surface area contributed by atoms with Crippen LogP contribution < -0.4 is 4.57 Å². The summed E-state index contributed by atoms with van der Waals surface area (Å²) in [6.45, 7) is 0. The van der Waals surface area contributed by atoms with Gasteiger partial charge in [0.15, 0.2) is 0 Å². The maximum Gasteiger partial charge on any atom is 0.673 e. The molecule has 110 valence electrons. The number of halogens is 4. The van der Waals surface area contributed by atoms with Crippen LogP contribution in [0.1, 0.15) is 38.5 Å². The molecule has 1 aromatic rings. The molecule has 8 heteroatoms. The summed E-state index contributed by atoms with van der Waals surface area (Å²) < 4.78 is 41.4. The average molecular weight is 296 g/mol. The second-order valence-electron chi connectivity index (χ2n) is 5.05. The van der Waals surface area contributed by atoms with Gasteiger partial charge in [-0.25, -0.2) is 4.57 Å². The Labute approximate surface area is 114 Å². The molecule has 2 nitrogen and oxygen atoms in total. The Balaban J connectivity index is 0.000000312. The zero-order chi connectivity index (χ0) is 14.4. The van der Waals surface area contributed by atoms with Crippen LogP contribution in [0.3, 0.4) is 0 Å². The number of aromatic nitrogens is 2. The van der Waals surface area contributed by atoms with E-state index in [9.17, 15) is 17.3 Å². The van der Waals surface area contributed by atoms with Gasteiger partial charge in [0.2, 0.25) is 6.33 Å². The second-order valence-corrected chi connectivity index (χ2v) is 6.05. The molecule has 0 spiro atoms. The Morgan fingerprint density at radius 1 is 1.16 bits per heavy atom. The standard InChI is InChI=1S/C11H20N2Si.BF4/c14-9-6-11(4-2-1-3-5-11)13-8-7-12-10-13;2-1(3,4)5/h7-8,10H,1-6,9H2,14H3;/q;-1/p+1. The van der Waals surface area contributed by atoms with Crippen molar-refractivity contribution in [3.8, 4) is 0 Å². The monoisotopic (exact) mass is 296 g/mol. The van der Waals surface area contributed by atoms with Gasteiger partial charge in [0.05, 0.1) is 0 Å². The van der Waals surface area contributed by atoms with Crippen molar-refractivity contribution in [1.82, 2.24) is 4.98 Å². The maximum atomic E-state index is 9.75. The largest absolute Gasteiger partial charge is 0.673 e. The van der Waals surface area contributed by atoms with E-state index in [4.69, 9.17) is 0 Å². The fraction of sp³-hybridized carbons (Fsp3) is 0.727. The summed E-state index contributed by atoms with van der Waals surface area (Å²) in [5.74, 6) is 0. The number of rotatable bonds is 3. The fourth-order valence-electron chi connectivity index (χ4n) is 2.90. The topological polar surface area (TPSA) is 19.7 Å². The Hall–Kier alpha value is -0.788. The number of nitrogens with one attached hydrogen (secondary N) is 1. The van der Waals surface area contributed by atoms with Crippen molar-refractivity contribution >= 4 is 17.5 Å². The highest BCUT2D eigenvalue weighted by atomic mass is 28.1. The molecule has 0 radical (unpaired) electrons. The Morgan fingerprint density at radius 3 is 2.16 bits per heavy atom. The van der Waals surface area contributed by atoms with E-state index in [1.54, 1.807) is 0 Å². The summed E-state index contributed by atoms with van der Waals surface area (Å²) in [5.41, 5.74) is 0.472. The first-order chi connectivity index (χ1) is 8.87. The second kappa shape index (κ2) is 7.12. The molecule has 19 heavy (non-hydrogen) atoms. The Kier molecular flexibility index (Phi) is 6.09. The van der Waals surface area contributed by atoms with Gasteiger partial charge in [-0.3, -0.25) is 4.98 Å². The predicted molar refractivity (Wildman–Crippen MR) is 71.6 cm³/mol. The molecule has 0 saturated heterocycles. The van der Waals surface area contributed by atoms with Crippen molar-refractivity contribution in [2.24, 2.45) is 0 Å². The maximum absolute atomic E-state index is 9.75. The highest BCUT2D eigenvalue weighted by Gasteiger charge is 2.36. The summed E-state index contributed by atoms with van der Waals surface area (Å²) in [4.78, 5) is 3.18. The molecule has 0 atom stereocenters. The number of aromatic amines is 1. The molecule has 1 aliphatic carbocycles. The Morgan fingerprint density at radius 2 is 1.74 bits per heavy atom. The molecular weight excluding hydrogens is 275 g/mol. The molecule has 0 amide bonds. The van der Waals surface area contributed by atoms with Gasteiger partial charge in [0.1, 0.15) is 17.9 Å². The molecule has 1 fully saturated rings. The van der Waals surface area contributed by atoms with E-state index in [2.05, 4.69) is 22.1 Å². The third-order valence-electron chi connectivity index (χ3n) is 3.59. The van der Waals surface area contributed by atoms with Gasteiger partial charge in [-0.1, -0.05) is 12.5 Å². The van der Waals surface area contributed by atoms with Crippen LogP contribution in [-0.4, -0.2) is 22.5 Å². The van der Waals surface area contributed by atoms with Crippen LogP contribution in [0, 0.1) is 0 Å². The van der Waals surface area contributed by atoms with E-state index in [0.29, 0.717) is 5.54 Å². The third kappa shape index (κ3) is 5.80. The molecular formula is C11H21BF4N2Si. The lowest BCUT2D eigenvalue weighted by atomic mass is 9.79. The van der Waals surface area contributed by atoms with Crippen LogP contribution in [0.5, 0.6) is 0 Å². The quantitative estimate of drug-likeness (QED) is 0.502. The summed E-state index contributed by atoms with van der Waals surface area (Å²) in [6.07, 6.45) is 14.8. The highest BCUT2D eigenvalue weighted by Crippen LogP contribution is 2.34. The minimum Gasteiger partial charge on any atom is -0.418 e. The molecule has 0 unspecified atom stereocenters. The van der Waals surface area contributed by atoms with Crippen molar-refractivity contribution in [2.45, 2.75) is 50.1 Å². The van der Waals surface area contributed by atoms with Crippen molar-refractivity contribution < 1.29 is 21.8 Å². The lowest BCUT2D eigenvalue weighted by molar-refractivity contribution is -0.767. The normalized spacial score (nSPS) is 18.7. The number of imidazole rings is 1.